The molecule has 2 N–H and O–H groups in total. The van der Waals surface area contributed by atoms with Crippen molar-refractivity contribution in [3.8, 4) is 0 Å². The van der Waals surface area contributed by atoms with Gasteiger partial charge in [-0.05, 0) is 24.3 Å². The van der Waals surface area contributed by atoms with E-state index in [9.17, 15) is 4.79 Å². The van der Waals surface area contributed by atoms with Gasteiger partial charge in [-0.2, -0.15) is 0 Å². The monoisotopic (exact) mass is 238 g/mol. The Balaban J connectivity index is 1.81. The van der Waals surface area contributed by atoms with Crippen LogP contribution < -0.4 is 10.6 Å². The molecular formula is C12H18N2OS. The van der Waals surface area contributed by atoms with Crippen LogP contribution in [0.5, 0.6) is 0 Å². The zero-order chi connectivity index (χ0) is 11.4. The van der Waals surface area contributed by atoms with E-state index in [0.29, 0.717) is 18.5 Å². The van der Waals surface area contributed by atoms with Gasteiger partial charge in [0.15, 0.2) is 0 Å². The highest BCUT2D eigenvalue weighted by atomic mass is 32.1. The Morgan fingerprint density at radius 2 is 2.56 bits per heavy atom. The fraction of sp³-hybridized carbons (Fsp3) is 0.583. The van der Waals surface area contributed by atoms with Gasteiger partial charge in [0.25, 0.3) is 0 Å². The van der Waals surface area contributed by atoms with E-state index in [1.807, 2.05) is 0 Å². The third kappa shape index (κ3) is 2.83. The number of amides is 1. The van der Waals surface area contributed by atoms with Crippen LogP contribution in [0.1, 0.15) is 37.1 Å². The number of hydrogen-bond donors (Lipinski definition) is 2. The number of carbonyl (C=O) groups excluding carboxylic acids is 1. The Kier molecular flexibility index (Phi) is 3.96. The van der Waals surface area contributed by atoms with Crippen molar-refractivity contribution in [2.24, 2.45) is 0 Å². The number of thiophene rings is 1. The summed E-state index contributed by atoms with van der Waals surface area (Å²) in [6.07, 6.45) is 2.73. The van der Waals surface area contributed by atoms with Crippen molar-refractivity contribution < 1.29 is 4.79 Å². The summed E-state index contributed by atoms with van der Waals surface area (Å²) in [7, 11) is 0. The molecule has 2 atom stereocenters. The molecule has 1 aliphatic heterocycles. The first-order chi connectivity index (χ1) is 7.79. The maximum absolute atomic E-state index is 11.1. The molecule has 88 valence electrons. The van der Waals surface area contributed by atoms with Crippen LogP contribution in [0.2, 0.25) is 0 Å². The maximum Gasteiger partial charge on any atom is 0.220 e. The molecular weight excluding hydrogens is 220 g/mol. The summed E-state index contributed by atoms with van der Waals surface area (Å²) in [6, 6.07) is 5.00. The molecule has 1 fully saturated rings. The van der Waals surface area contributed by atoms with Gasteiger partial charge in [-0.3, -0.25) is 4.79 Å². The molecule has 0 bridgehead atoms. The molecule has 1 amide bonds. The SMILES string of the molecule is CCC(NCC1CCC(=O)N1)c1cccs1. The Morgan fingerprint density at radius 1 is 1.69 bits per heavy atom. The lowest BCUT2D eigenvalue weighted by molar-refractivity contribution is -0.119. The molecule has 1 aromatic heterocycles. The second-order valence-electron chi connectivity index (χ2n) is 4.19. The third-order valence-corrected chi connectivity index (χ3v) is 3.98. The van der Waals surface area contributed by atoms with E-state index in [1.165, 1.54) is 4.88 Å². The maximum atomic E-state index is 11.1. The minimum atomic E-state index is 0.191. The molecule has 0 radical (unpaired) electrons. The average molecular weight is 238 g/mol. The van der Waals surface area contributed by atoms with Crippen molar-refractivity contribution in [1.82, 2.24) is 10.6 Å². The second kappa shape index (κ2) is 5.46. The quantitative estimate of drug-likeness (QED) is 0.824. The number of rotatable bonds is 5. The summed E-state index contributed by atoms with van der Waals surface area (Å²) in [5, 5.41) is 8.62. The first-order valence-corrected chi connectivity index (χ1v) is 6.73. The molecule has 2 heterocycles. The van der Waals surface area contributed by atoms with Crippen LogP contribution in [0, 0.1) is 0 Å². The normalized spacial score (nSPS) is 22.1. The topological polar surface area (TPSA) is 41.1 Å². The predicted molar refractivity (Wildman–Crippen MR) is 66.5 cm³/mol. The van der Waals surface area contributed by atoms with Crippen LogP contribution in [-0.2, 0) is 4.79 Å². The lowest BCUT2D eigenvalue weighted by Gasteiger charge is -2.18. The summed E-state index contributed by atoms with van der Waals surface area (Å²) in [4.78, 5) is 12.4. The molecule has 3 nitrogen and oxygen atoms in total. The highest BCUT2D eigenvalue weighted by molar-refractivity contribution is 7.10. The lowest BCUT2D eigenvalue weighted by atomic mass is 10.1. The van der Waals surface area contributed by atoms with Gasteiger partial charge >= 0.3 is 0 Å². The molecule has 0 spiro atoms. The second-order valence-corrected chi connectivity index (χ2v) is 5.17. The first-order valence-electron chi connectivity index (χ1n) is 5.85. The summed E-state index contributed by atoms with van der Waals surface area (Å²) in [5.74, 6) is 0.191. The minimum absolute atomic E-state index is 0.191. The van der Waals surface area contributed by atoms with Gasteiger partial charge in [0.05, 0.1) is 0 Å². The molecule has 2 unspecified atom stereocenters. The summed E-state index contributed by atoms with van der Waals surface area (Å²) in [6.45, 7) is 3.06. The van der Waals surface area contributed by atoms with E-state index in [-0.39, 0.29) is 5.91 Å². The van der Waals surface area contributed by atoms with Crippen molar-refractivity contribution in [3.05, 3.63) is 22.4 Å². The van der Waals surface area contributed by atoms with Crippen molar-refractivity contribution in [2.45, 2.75) is 38.3 Å². The Morgan fingerprint density at radius 3 is 3.12 bits per heavy atom. The molecule has 0 saturated carbocycles. The molecule has 16 heavy (non-hydrogen) atoms. The smallest absolute Gasteiger partial charge is 0.220 e. The van der Waals surface area contributed by atoms with E-state index < -0.39 is 0 Å². The van der Waals surface area contributed by atoms with Crippen LogP contribution in [0.3, 0.4) is 0 Å². The number of nitrogens with one attached hydrogen (secondary N) is 2. The van der Waals surface area contributed by atoms with Gasteiger partial charge in [0.1, 0.15) is 0 Å². The van der Waals surface area contributed by atoms with Gasteiger partial charge in [0.2, 0.25) is 5.91 Å². The summed E-state index contributed by atoms with van der Waals surface area (Å²) < 4.78 is 0. The molecule has 0 aliphatic carbocycles. The Hall–Kier alpha value is -0.870. The van der Waals surface area contributed by atoms with E-state index in [0.717, 1.165) is 19.4 Å². The molecule has 4 heteroatoms. The van der Waals surface area contributed by atoms with Crippen molar-refractivity contribution in [1.29, 1.82) is 0 Å². The average Bonchev–Trinajstić information content (AvgIpc) is 2.91. The zero-order valence-electron chi connectivity index (χ0n) is 9.53. The van der Waals surface area contributed by atoms with Gasteiger partial charge < -0.3 is 10.6 Å². The van der Waals surface area contributed by atoms with Crippen molar-refractivity contribution in [2.75, 3.05) is 6.54 Å². The molecule has 2 rings (SSSR count). The third-order valence-electron chi connectivity index (χ3n) is 2.99. The lowest BCUT2D eigenvalue weighted by Crippen LogP contribution is -2.37. The van der Waals surface area contributed by atoms with Gasteiger partial charge in [-0.1, -0.05) is 13.0 Å². The fourth-order valence-electron chi connectivity index (χ4n) is 2.05. The van der Waals surface area contributed by atoms with E-state index in [2.05, 4.69) is 35.1 Å². The van der Waals surface area contributed by atoms with Crippen molar-refractivity contribution in [3.63, 3.8) is 0 Å². The van der Waals surface area contributed by atoms with Crippen LogP contribution in [-0.4, -0.2) is 18.5 Å². The Bertz CT molecular complexity index is 337. The highest BCUT2D eigenvalue weighted by Crippen LogP contribution is 2.21. The highest BCUT2D eigenvalue weighted by Gasteiger charge is 2.21. The van der Waals surface area contributed by atoms with Crippen LogP contribution in [0.15, 0.2) is 17.5 Å². The van der Waals surface area contributed by atoms with E-state index >= 15 is 0 Å². The van der Waals surface area contributed by atoms with Gasteiger partial charge in [-0.15, -0.1) is 11.3 Å². The zero-order valence-corrected chi connectivity index (χ0v) is 10.3. The summed E-state index contributed by atoms with van der Waals surface area (Å²) in [5.41, 5.74) is 0. The van der Waals surface area contributed by atoms with Crippen LogP contribution in [0.4, 0.5) is 0 Å². The van der Waals surface area contributed by atoms with Crippen LogP contribution in [0.25, 0.3) is 0 Å². The first kappa shape index (κ1) is 11.6. The van der Waals surface area contributed by atoms with E-state index in [1.54, 1.807) is 11.3 Å². The molecule has 0 aromatic carbocycles. The Labute approximate surface area is 100 Å². The number of hydrogen-bond acceptors (Lipinski definition) is 3. The standard InChI is InChI=1S/C12H18N2OS/c1-2-10(11-4-3-7-16-11)13-8-9-5-6-12(15)14-9/h3-4,7,9-10,13H,2,5-6,8H2,1H3,(H,14,15). The minimum Gasteiger partial charge on any atom is -0.352 e. The number of carbonyl (C=O) groups is 1. The van der Waals surface area contributed by atoms with Crippen molar-refractivity contribution >= 4 is 17.2 Å². The largest absolute Gasteiger partial charge is 0.352 e. The summed E-state index contributed by atoms with van der Waals surface area (Å²) >= 11 is 1.79. The van der Waals surface area contributed by atoms with Gasteiger partial charge in [-0.25, -0.2) is 0 Å². The molecule has 1 saturated heterocycles. The molecule has 1 aliphatic rings. The van der Waals surface area contributed by atoms with E-state index in [4.69, 9.17) is 0 Å². The van der Waals surface area contributed by atoms with Gasteiger partial charge in [0, 0.05) is 29.9 Å². The fourth-order valence-corrected chi connectivity index (χ4v) is 2.94. The molecule has 1 aromatic rings. The predicted octanol–water partition coefficient (Wildman–Crippen LogP) is 2.07. The van der Waals surface area contributed by atoms with Crippen LogP contribution >= 0.6 is 11.3 Å².